The molecule has 1 atom stereocenters. The van der Waals surface area contributed by atoms with Crippen molar-refractivity contribution < 1.29 is 9.53 Å². The lowest BCUT2D eigenvalue weighted by Crippen LogP contribution is -2.52. The van der Waals surface area contributed by atoms with Gasteiger partial charge in [-0.05, 0) is 74.7 Å². The molecule has 0 bridgehead atoms. The van der Waals surface area contributed by atoms with Gasteiger partial charge in [0.05, 0.1) is 12.1 Å². The molecule has 2 saturated heterocycles. The standard InChI is InChI=1S/C32H43ClN4O2/c1-5-25-8-6-9-28-26(20-35(4)31(25)28)21-36-13-7-12-32(22-36,19-30(38)37-16-14-34(3)15-17-37)23-39-27-10-11-29(33)24(2)18-27/h6,8-11,18,20H,5,7,12-17,19,21-23H2,1-4H3/t32-/m0/s1. The van der Waals surface area contributed by atoms with Gasteiger partial charge in [-0.25, -0.2) is 0 Å². The molecule has 210 valence electrons. The maximum Gasteiger partial charge on any atom is 0.223 e. The maximum absolute atomic E-state index is 13.6. The molecule has 0 radical (unpaired) electrons. The van der Waals surface area contributed by atoms with Crippen LogP contribution in [0.1, 0.15) is 42.9 Å². The minimum absolute atomic E-state index is 0.231. The lowest BCUT2D eigenvalue weighted by molar-refractivity contribution is -0.137. The van der Waals surface area contributed by atoms with Gasteiger partial charge >= 0.3 is 0 Å². The van der Waals surface area contributed by atoms with E-state index in [1.165, 1.54) is 22.0 Å². The van der Waals surface area contributed by atoms with Crippen molar-refractivity contribution in [2.24, 2.45) is 12.5 Å². The summed E-state index contributed by atoms with van der Waals surface area (Å²) in [5.41, 5.74) is 4.86. The Labute approximate surface area is 238 Å². The largest absolute Gasteiger partial charge is 0.493 e. The van der Waals surface area contributed by atoms with Crippen molar-refractivity contribution in [3.8, 4) is 5.75 Å². The van der Waals surface area contributed by atoms with Gasteiger partial charge in [0, 0.05) is 74.8 Å². The van der Waals surface area contributed by atoms with E-state index in [1.807, 2.05) is 25.1 Å². The highest BCUT2D eigenvalue weighted by Gasteiger charge is 2.40. The van der Waals surface area contributed by atoms with Crippen LogP contribution in [0.3, 0.4) is 0 Å². The average Bonchev–Trinajstić information content (AvgIpc) is 3.25. The number of likely N-dealkylation sites (tertiary alicyclic amines) is 1. The second kappa shape index (κ2) is 11.9. The van der Waals surface area contributed by atoms with Crippen LogP contribution in [-0.4, -0.2) is 78.1 Å². The van der Waals surface area contributed by atoms with Crippen LogP contribution in [0.15, 0.2) is 42.6 Å². The van der Waals surface area contributed by atoms with Crippen molar-refractivity contribution >= 4 is 28.4 Å². The molecule has 2 aliphatic rings. The number of rotatable bonds is 8. The first-order chi connectivity index (χ1) is 18.8. The van der Waals surface area contributed by atoms with Gasteiger partial charge in [0.25, 0.3) is 0 Å². The highest BCUT2D eigenvalue weighted by Crippen LogP contribution is 2.37. The number of likely N-dealkylation sites (N-methyl/N-ethyl adjacent to an activating group) is 1. The first-order valence-electron chi connectivity index (χ1n) is 14.4. The van der Waals surface area contributed by atoms with Gasteiger partial charge in [-0.2, -0.15) is 0 Å². The zero-order valence-electron chi connectivity index (χ0n) is 24.0. The summed E-state index contributed by atoms with van der Waals surface area (Å²) in [6.45, 7) is 11.0. The maximum atomic E-state index is 13.6. The van der Waals surface area contributed by atoms with E-state index in [2.05, 4.69) is 64.7 Å². The van der Waals surface area contributed by atoms with Crippen molar-refractivity contribution in [3.63, 3.8) is 0 Å². The Morgan fingerprint density at radius 3 is 2.59 bits per heavy atom. The summed E-state index contributed by atoms with van der Waals surface area (Å²) in [7, 11) is 4.28. The Balaban J connectivity index is 1.37. The number of aryl methyl sites for hydroxylation is 3. The normalized spacial score (nSPS) is 21.0. The van der Waals surface area contributed by atoms with E-state index in [0.717, 1.165) is 81.4 Å². The number of benzene rings is 2. The summed E-state index contributed by atoms with van der Waals surface area (Å²) in [5, 5.41) is 2.09. The number of para-hydroxylation sites is 1. The number of ether oxygens (including phenoxy) is 1. The molecule has 2 fully saturated rings. The third-order valence-electron chi connectivity index (χ3n) is 8.74. The predicted octanol–water partition coefficient (Wildman–Crippen LogP) is 5.53. The van der Waals surface area contributed by atoms with E-state index in [4.69, 9.17) is 16.3 Å². The predicted molar refractivity (Wildman–Crippen MR) is 160 cm³/mol. The van der Waals surface area contributed by atoms with E-state index < -0.39 is 0 Å². The Hall–Kier alpha value is -2.54. The van der Waals surface area contributed by atoms with Crippen molar-refractivity contribution in [1.29, 1.82) is 0 Å². The number of carbonyl (C=O) groups excluding carboxylic acids is 1. The number of amides is 1. The highest BCUT2D eigenvalue weighted by molar-refractivity contribution is 6.31. The Morgan fingerprint density at radius 2 is 1.85 bits per heavy atom. The van der Waals surface area contributed by atoms with Gasteiger partial charge in [-0.1, -0.05) is 36.7 Å². The summed E-state index contributed by atoms with van der Waals surface area (Å²) in [5.74, 6) is 1.08. The zero-order valence-corrected chi connectivity index (χ0v) is 24.8. The molecule has 0 N–H and O–H groups in total. The van der Waals surface area contributed by atoms with E-state index in [9.17, 15) is 4.79 Å². The molecule has 0 aliphatic carbocycles. The smallest absolute Gasteiger partial charge is 0.223 e. The second-order valence-electron chi connectivity index (χ2n) is 11.8. The first-order valence-corrected chi connectivity index (χ1v) is 14.8. The fourth-order valence-corrected chi connectivity index (χ4v) is 6.59. The number of hydrogen-bond acceptors (Lipinski definition) is 4. The molecule has 0 saturated carbocycles. The Morgan fingerprint density at radius 1 is 1.05 bits per heavy atom. The lowest BCUT2D eigenvalue weighted by atomic mass is 9.77. The fourth-order valence-electron chi connectivity index (χ4n) is 6.48. The summed E-state index contributed by atoms with van der Waals surface area (Å²) >= 11 is 6.26. The van der Waals surface area contributed by atoms with Crippen molar-refractivity contribution in [1.82, 2.24) is 19.3 Å². The molecule has 5 rings (SSSR count). The Kier molecular flexibility index (Phi) is 8.55. The number of piperazine rings is 1. The van der Waals surface area contributed by atoms with E-state index >= 15 is 0 Å². The molecule has 39 heavy (non-hydrogen) atoms. The second-order valence-corrected chi connectivity index (χ2v) is 12.2. The van der Waals surface area contributed by atoms with Crippen LogP contribution in [0.4, 0.5) is 0 Å². The molecule has 1 aromatic heterocycles. The number of hydrogen-bond donors (Lipinski definition) is 0. The molecule has 0 unspecified atom stereocenters. The zero-order chi connectivity index (χ0) is 27.6. The Bertz CT molecular complexity index is 1310. The molecule has 3 aromatic rings. The van der Waals surface area contributed by atoms with Crippen LogP contribution in [0.5, 0.6) is 5.75 Å². The number of fused-ring (bicyclic) bond motifs is 1. The monoisotopic (exact) mass is 550 g/mol. The van der Waals surface area contributed by atoms with Crippen LogP contribution in [0.25, 0.3) is 10.9 Å². The number of nitrogens with zero attached hydrogens (tertiary/aromatic N) is 4. The molecule has 6 nitrogen and oxygen atoms in total. The van der Waals surface area contributed by atoms with Crippen LogP contribution < -0.4 is 4.74 Å². The SMILES string of the molecule is CCc1cccc2c(CN3CCC[C@](COc4ccc(Cl)c(C)c4)(CC(=O)N4CCN(C)CC4)C3)cn(C)c12. The van der Waals surface area contributed by atoms with Crippen LogP contribution >= 0.6 is 11.6 Å². The molecular weight excluding hydrogens is 508 g/mol. The van der Waals surface area contributed by atoms with Gasteiger partial charge < -0.3 is 19.1 Å². The van der Waals surface area contributed by atoms with E-state index in [-0.39, 0.29) is 11.3 Å². The molecule has 3 heterocycles. The number of carbonyl (C=O) groups is 1. The van der Waals surface area contributed by atoms with Crippen LogP contribution in [0.2, 0.25) is 5.02 Å². The molecule has 0 spiro atoms. The molecular formula is C32H43ClN4O2. The lowest BCUT2D eigenvalue weighted by Gasteiger charge is -2.43. The van der Waals surface area contributed by atoms with Gasteiger partial charge in [0.2, 0.25) is 5.91 Å². The summed E-state index contributed by atoms with van der Waals surface area (Å²) in [6.07, 6.45) is 5.89. The van der Waals surface area contributed by atoms with E-state index in [1.54, 1.807) is 0 Å². The summed E-state index contributed by atoms with van der Waals surface area (Å²) in [6, 6.07) is 12.5. The molecule has 1 amide bonds. The summed E-state index contributed by atoms with van der Waals surface area (Å²) in [4.78, 5) is 20.5. The van der Waals surface area contributed by atoms with Crippen molar-refractivity contribution in [3.05, 3.63) is 64.3 Å². The molecule has 7 heteroatoms. The van der Waals surface area contributed by atoms with Gasteiger partial charge in [0.1, 0.15) is 5.75 Å². The average molecular weight is 551 g/mol. The van der Waals surface area contributed by atoms with Crippen LogP contribution in [-0.2, 0) is 24.8 Å². The van der Waals surface area contributed by atoms with Crippen LogP contribution in [0, 0.1) is 12.3 Å². The number of halogens is 1. The van der Waals surface area contributed by atoms with Gasteiger partial charge in [0.15, 0.2) is 0 Å². The minimum atomic E-state index is -0.231. The quantitative estimate of drug-likeness (QED) is 0.370. The van der Waals surface area contributed by atoms with Gasteiger partial charge in [-0.3, -0.25) is 9.69 Å². The van der Waals surface area contributed by atoms with Crippen molar-refractivity contribution in [2.75, 3.05) is 52.9 Å². The highest BCUT2D eigenvalue weighted by atomic mass is 35.5. The topological polar surface area (TPSA) is 41.0 Å². The first kappa shape index (κ1) is 28.0. The fraction of sp³-hybridized carbons (Fsp3) is 0.531. The molecule has 2 aliphatic heterocycles. The van der Waals surface area contributed by atoms with Gasteiger partial charge in [-0.15, -0.1) is 0 Å². The van der Waals surface area contributed by atoms with E-state index in [0.29, 0.717) is 13.0 Å². The summed E-state index contributed by atoms with van der Waals surface area (Å²) < 4.78 is 8.71. The molecule has 2 aromatic carbocycles. The number of aromatic nitrogens is 1. The number of piperidine rings is 1. The third-order valence-corrected chi connectivity index (χ3v) is 9.16. The minimum Gasteiger partial charge on any atom is -0.493 e. The van der Waals surface area contributed by atoms with Crippen molar-refractivity contribution in [2.45, 2.75) is 46.1 Å². The third kappa shape index (κ3) is 6.29.